The van der Waals surface area contributed by atoms with Gasteiger partial charge >= 0.3 is 0 Å². The number of nitrogens with one attached hydrogen (secondary N) is 2. The minimum atomic E-state index is 0.705. The molecular formula is C19H25N5. The third kappa shape index (κ3) is 3.50. The molecule has 126 valence electrons. The maximum Gasteiger partial charge on any atom is 0.224 e. The minimum Gasteiger partial charge on any atom is -0.361 e. The molecule has 0 aliphatic heterocycles. The Morgan fingerprint density at radius 3 is 2.71 bits per heavy atom. The lowest BCUT2D eigenvalue weighted by molar-refractivity contribution is 0.837. The second-order valence-corrected chi connectivity index (χ2v) is 5.90. The van der Waals surface area contributed by atoms with Gasteiger partial charge in [0.15, 0.2) is 0 Å². The van der Waals surface area contributed by atoms with Crippen molar-refractivity contribution in [3.05, 3.63) is 47.8 Å². The molecule has 0 spiro atoms. The molecule has 0 atom stereocenters. The summed E-state index contributed by atoms with van der Waals surface area (Å²) in [4.78, 5) is 14.7. The Balaban J connectivity index is 1.68. The van der Waals surface area contributed by atoms with E-state index in [4.69, 9.17) is 0 Å². The highest BCUT2D eigenvalue weighted by atomic mass is 15.2. The van der Waals surface area contributed by atoms with Crippen LogP contribution in [0.15, 0.2) is 36.5 Å². The molecule has 2 aromatic heterocycles. The van der Waals surface area contributed by atoms with Gasteiger partial charge in [0.1, 0.15) is 5.82 Å². The van der Waals surface area contributed by atoms with Gasteiger partial charge in [-0.1, -0.05) is 18.2 Å². The summed E-state index contributed by atoms with van der Waals surface area (Å²) < 4.78 is 0. The van der Waals surface area contributed by atoms with E-state index in [0.29, 0.717) is 5.95 Å². The van der Waals surface area contributed by atoms with Crippen molar-refractivity contribution in [1.82, 2.24) is 15.0 Å². The lowest BCUT2D eigenvalue weighted by atomic mass is 10.1. The predicted molar refractivity (Wildman–Crippen MR) is 101 cm³/mol. The average molecular weight is 323 g/mol. The molecule has 0 bridgehead atoms. The summed E-state index contributed by atoms with van der Waals surface area (Å²) in [6, 6.07) is 10.4. The van der Waals surface area contributed by atoms with Gasteiger partial charge in [0.2, 0.25) is 5.95 Å². The average Bonchev–Trinajstić information content (AvgIpc) is 2.99. The van der Waals surface area contributed by atoms with Crippen molar-refractivity contribution < 1.29 is 0 Å². The molecule has 2 N–H and O–H groups in total. The highest BCUT2D eigenvalue weighted by Gasteiger charge is 2.08. The van der Waals surface area contributed by atoms with Gasteiger partial charge in [0.25, 0.3) is 0 Å². The molecular weight excluding hydrogens is 298 g/mol. The van der Waals surface area contributed by atoms with Gasteiger partial charge in [0.05, 0.1) is 0 Å². The summed E-state index contributed by atoms with van der Waals surface area (Å²) in [5.41, 5.74) is 3.49. The minimum absolute atomic E-state index is 0.705. The van der Waals surface area contributed by atoms with Crippen LogP contribution in [-0.2, 0) is 6.42 Å². The fourth-order valence-corrected chi connectivity index (χ4v) is 2.99. The van der Waals surface area contributed by atoms with Gasteiger partial charge in [-0.2, -0.15) is 4.98 Å². The summed E-state index contributed by atoms with van der Waals surface area (Å²) in [5.74, 6) is 1.69. The fraction of sp³-hybridized carbons (Fsp3) is 0.368. The van der Waals surface area contributed by atoms with Gasteiger partial charge < -0.3 is 15.2 Å². The monoisotopic (exact) mass is 323 g/mol. The van der Waals surface area contributed by atoms with Crippen molar-refractivity contribution in [2.45, 2.75) is 27.2 Å². The predicted octanol–water partition coefficient (Wildman–Crippen LogP) is 3.77. The molecule has 0 amide bonds. The summed E-state index contributed by atoms with van der Waals surface area (Å²) in [7, 11) is 0. The number of aryl methyl sites for hydroxylation is 1. The lowest BCUT2D eigenvalue weighted by Gasteiger charge is -2.20. The summed E-state index contributed by atoms with van der Waals surface area (Å²) in [6.07, 6.45) is 3.02. The molecule has 0 aliphatic carbocycles. The van der Waals surface area contributed by atoms with Crippen LogP contribution in [-0.4, -0.2) is 34.6 Å². The van der Waals surface area contributed by atoms with E-state index >= 15 is 0 Å². The highest BCUT2D eigenvalue weighted by molar-refractivity contribution is 5.83. The second-order valence-electron chi connectivity index (χ2n) is 5.90. The smallest absolute Gasteiger partial charge is 0.224 e. The van der Waals surface area contributed by atoms with E-state index in [-0.39, 0.29) is 0 Å². The Kier molecular flexibility index (Phi) is 4.99. The van der Waals surface area contributed by atoms with E-state index in [1.807, 2.05) is 13.0 Å². The topological polar surface area (TPSA) is 56.8 Å². The maximum absolute atomic E-state index is 4.65. The molecule has 1 aromatic carbocycles. The first kappa shape index (κ1) is 16.3. The van der Waals surface area contributed by atoms with Crippen molar-refractivity contribution in [2.75, 3.05) is 29.9 Å². The number of hydrogen-bond acceptors (Lipinski definition) is 4. The molecule has 0 aliphatic rings. The van der Waals surface area contributed by atoms with E-state index in [1.165, 1.54) is 16.5 Å². The molecule has 0 radical (unpaired) electrons. The van der Waals surface area contributed by atoms with Crippen LogP contribution >= 0.6 is 0 Å². The zero-order valence-corrected chi connectivity index (χ0v) is 14.6. The number of rotatable bonds is 7. The van der Waals surface area contributed by atoms with Crippen LogP contribution in [0.4, 0.5) is 11.8 Å². The highest BCUT2D eigenvalue weighted by Crippen LogP contribution is 2.18. The normalized spacial score (nSPS) is 11.0. The molecule has 5 nitrogen and oxygen atoms in total. The van der Waals surface area contributed by atoms with Crippen LogP contribution in [0.25, 0.3) is 10.9 Å². The third-order valence-electron chi connectivity index (χ3n) is 4.28. The van der Waals surface area contributed by atoms with Crippen molar-refractivity contribution in [3.8, 4) is 0 Å². The van der Waals surface area contributed by atoms with Gasteiger partial charge in [-0.3, -0.25) is 0 Å². The number of anilines is 2. The van der Waals surface area contributed by atoms with Crippen LogP contribution in [0.1, 0.15) is 25.1 Å². The number of hydrogen-bond donors (Lipinski definition) is 2. The largest absolute Gasteiger partial charge is 0.361 e. The van der Waals surface area contributed by atoms with Gasteiger partial charge in [0, 0.05) is 48.5 Å². The van der Waals surface area contributed by atoms with Crippen molar-refractivity contribution >= 4 is 22.7 Å². The van der Waals surface area contributed by atoms with Crippen LogP contribution in [0.2, 0.25) is 0 Å². The fourth-order valence-electron chi connectivity index (χ4n) is 2.99. The maximum atomic E-state index is 4.65. The van der Waals surface area contributed by atoms with E-state index in [1.54, 1.807) is 0 Å². The summed E-state index contributed by atoms with van der Waals surface area (Å²) >= 11 is 0. The van der Waals surface area contributed by atoms with Gasteiger partial charge in [-0.25, -0.2) is 4.98 Å². The molecule has 3 aromatic rings. The number of para-hydroxylation sites is 1. The Bertz CT molecular complexity index is 804. The molecule has 5 heteroatoms. The van der Waals surface area contributed by atoms with Crippen molar-refractivity contribution in [1.29, 1.82) is 0 Å². The van der Waals surface area contributed by atoms with Crippen LogP contribution in [0.3, 0.4) is 0 Å². The van der Waals surface area contributed by atoms with E-state index in [0.717, 1.165) is 37.6 Å². The number of H-pyrrole nitrogens is 1. The lowest BCUT2D eigenvalue weighted by Crippen LogP contribution is -2.24. The first-order valence-electron chi connectivity index (χ1n) is 8.60. The first-order valence-corrected chi connectivity index (χ1v) is 8.60. The number of benzene rings is 1. The van der Waals surface area contributed by atoms with Gasteiger partial charge in [-0.05, 0) is 38.8 Å². The molecule has 0 saturated heterocycles. The molecule has 0 fully saturated rings. The van der Waals surface area contributed by atoms with E-state index < -0.39 is 0 Å². The Morgan fingerprint density at radius 2 is 1.92 bits per heavy atom. The summed E-state index contributed by atoms with van der Waals surface area (Å²) in [6.45, 7) is 9.00. The Morgan fingerprint density at radius 1 is 1.12 bits per heavy atom. The standard InChI is InChI=1S/C19H25N5/c1-4-24(5-2)18-12-14(3)22-19(23-18)20-11-10-15-13-21-17-9-7-6-8-16(15)17/h6-9,12-13,21H,4-5,10-11H2,1-3H3,(H,20,22,23). The van der Waals surface area contributed by atoms with Crippen LogP contribution < -0.4 is 10.2 Å². The third-order valence-corrected chi connectivity index (χ3v) is 4.28. The SMILES string of the molecule is CCN(CC)c1cc(C)nc(NCCc2c[nH]c3ccccc23)n1. The van der Waals surface area contributed by atoms with Crippen molar-refractivity contribution in [3.63, 3.8) is 0 Å². The van der Waals surface area contributed by atoms with E-state index in [2.05, 4.69) is 69.5 Å². The Labute approximate surface area is 143 Å². The quantitative estimate of drug-likeness (QED) is 0.695. The Hall–Kier alpha value is -2.56. The zero-order chi connectivity index (χ0) is 16.9. The molecule has 3 rings (SSSR count). The van der Waals surface area contributed by atoms with E-state index in [9.17, 15) is 0 Å². The number of fused-ring (bicyclic) bond motifs is 1. The zero-order valence-electron chi connectivity index (χ0n) is 14.6. The molecule has 0 unspecified atom stereocenters. The van der Waals surface area contributed by atoms with Gasteiger partial charge in [-0.15, -0.1) is 0 Å². The van der Waals surface area contributed by atoms with Crippen LogP contribution in [0.5, 0.6) is 0 Å². The van der Waals surface area contributed by atoms with Crippen LogP contribution in [0, 0.1) is 6.92 Å². The summed E-state index contributed by atoms with van der Waals surface area (Å²) in [5, 5.41) is 4.65. The number of nitrogens with zero attached hydrogens (tertiary/aromatic N) is 3. The second kappa shape index (κ2) is 7.34. The number of aromatic amines is 1. The molecule has 24 heavy (non-hydrogen) atoms. The number of aromatic nitrogens is 3. The van der Waals surface area contributed by atoms with Crippen molar-refractivity contribution in [2.24, 2.45) is 0 Å². The molecule has 0 saturated carbocycles. The first-order chi connectivity index (χ1) is 11.7. The molecule has 2 heterocycles.